The molecule has 0 atom stereocenters. The van der Waals surface area contributed by atoms with Crippen LogP contribution < -0.4 is 0 Å². The molecular formula is C20H23NO2S. The monoisotopic (exact) mass is 341 g/mol. The molecule has 2 rings (SSSR count). The maximum atomic E-state index is 12.6. The first kappa shape index (κ1) is 18.3. The normalized spacial score (nSPS) is 11.5. The van der Waals surface area contributed by atoms with E-state index in [4.69, 9.17) is 0 Å². The van der Waals surface area contributed by atoms with Crippen molar-refractivity contribution in [2.24, 2.45) is 5.16 Å². The minimum atomic E-state index is -0.251. The third-order valence-corrected chi connectivity index (χ3v) is 4.37. The Hall–Kier alpha value is -2.07. The standard InChI is InChI=1S/C20H23NO2S/c1-2-3-4-8-11-18(21-23)20(22)17-13-12-16(14-19(17)24)15-9-6-5-7-10-15/h5-7,9-10,12-14,23-24H,2-4,8,11H2,1H3. The summed E-state index contributed by atoms with van der Waals surface area (Å²) in [5, 5.41) is 12.4. The van der Waals surface area contributed by atoms with Gasteiger partial charge in [0.1, 0.15) is 5.71 Å². The molecule has 24 heavy (non-hydrogen) atoms. The Kier molecular flexibility index (Phi) is 7.07. The van der Waals surface area contributed by atoms with E-state index in [1.165, 1.54) is 0 Å². The number of Topliss-reactive ketones (excluding diaryl/α,β-unsaturated/α-hetero) is 1. The second kappa shape index (κ2) is 9.28. The lowest BCUT2D eigenvalue weighted by Crippen LogP contribution is -2.15. The van der Waals surface area contributed by atoms with Gasteiger partial charge in [0.15, 0.2) is 0 Å². The molecule has 0 saturated carbocycles. The third kappa shape index (κ3) is 4.71. The summed E-state index contributed by atoms with van der Waals surface area (Å²) >= 11 is 4.46. The molecule has 0 unspecified atom stereocenters. The zero-order valence-corrected chi connectivity index (χ0v) is 14.8. The van der Waals surface area contributed by atoms with Crippen molar-refractivity contribution in [2.45, 2.75) is 43.9 Å². The zero-order valence-electron chi connectivity index (χ0n) is 13.9. The highest BCUT2D eigenvalue weighted by Gasteiger charge is 2.17. The first-order valence-corrected chi connectivity index (χ1v) is 8.76. The second-order valence-electron chi connectivity index (χ2n) is 5.78. The van der Waals surface area contributed by atoms with Gasteiger partial charge >= 0.3 is 0 Å². The first-order chi connectivity index (χ1) is 11.7. The van der Waals surface area contributed by atoms with Crippen molar-refractivity contribution in [3.63, 3.8) is 0 Å². The average Bonchev–Trinajstić information content (AvgIpc) is 2.62. The largest absolute Gasteiger partial charge is 0.411 e. The lowest BCUT2D eigenvalue weighted by atomic mass is 9.98. The van der Waals surface area contributed by atoms with Crippen molar-refractivity contribution >= 4 is 24.1 Å². The smallest absolute Gasteiger partial charge is 0.211 e. The van der Waals surface area contributed by atoms with Crippen LogP contribution in [0.15, 0.2) is 58.6 Å². The molecule has 3 nitrogen and oxygen atoms in total. The highest BCUT2D eigenvalue weighted by Crippen LogP contribution is 2.25. The summed E-state index contributed by atoms with van der Waals surface area (Å²) in [4.78, 5) is 13.2. The van der Waals surface area contributed by atoms with Crippen LogP contribution in [0.1, 0.15) is 49.4 Å². The quantitative estimate of drug-likeness (QED) is 0.163. The van der Waals surface area contributed by atoms with E-state index in [-0.39, 0.29) is 11.5 Å². The number of hydrogen-bond acceptors (Lipinski definition) is 4. The minimum Gasteiger partial charge on any atom is -0.411 e. The Morgan fingerprint density at radius 2 is 1.79 bits per heavy atom. The van der Waals surface area contributed by atoms with Gasteiger partial charge < -0.3 is 5.21 Å². The third-order valence-electron chi connectivity index (χ3n) is 4.00. The van der Waals surface area contributed by atoms with Gasteiger partial charge in [0.05, 0.1) is 0 Å². The number of carbonyl (C=O) groups is 1. The topological polar surface area (TPSA) is 49.7 Å². The molecule has 0 fully saturated rings. The van der Waals surface area contributed by atoms with Gasteiger partial charge in [0.2, 0.25) is 5.78 Å². The van der Waals surface area contributed by atoms with Crippen molar-refractivity contribution in [3.8, 4) is 11.1 Å². The maximum Gasteiger partial charge on any atom is 0.211 e. The number of hydrogen-bond donors (Lipinski definition) is 2. The summed E-state index contributed by atoms with van der Waals surface area (Å²) in [6.45, 7) is 2.13. The van der Waals surface area contributed by atoms with E-state index in [2.05, 4.69) is 24.7 Å². The van der Waals surface area contributed by atoms with Gasteiger partial charge in [-0.05, 0) is 36.1 Å². The van der Waals surface area contributed by atoms with Gasteiger partial charge in [0.25, 0.3) is 0 Å². The molecule has 0 heterocycles. The number of benzene rings is 2. The number of carbonyl (C=O) groups excluding carboxylic acids is 1. The van der Waals surface area contributed by atoms with Gasteiger partial charge in [-0.2, -0.15) is 0 Å². The van der Waals surface area contributed by atoms with E-state index in [1.54, 1.807) is 6.07 Å². The molecule has 0 aliphatic heterocycles. The molecule has 0 spiro atoms. The Balaban J connectivity index is 2.14. The van der Waals surface area contributed by atoms with Gasteiger partial charge in [-0.3, -0.25) is 4.79 Å². The van der Waals surface area contributed by atoms with E-state index >= 15 is 0 Å². The molecule has 1 N–H and O–H groups in total. The molecule has 0 bridgehead atoms. The molecule has 2 aromatic rings. The lowest BCUT2D eigenvalue weighted by Gasteiger charge is -2.09. The van der Waals surface area contributed by atoms with Crippen LogP contribution >= 0.6 is 12.6 Å². The zero-order chi connectivity index (χ0) is 17.4. The molecule has 4 heteroatoms. The Labute approximate surface area is 148 Å². The molecule has 0 radical (unpaired) electrons. The van der Waals surface area contributed by atoms with Crippen molar-refractivity contribution in [2.75, 3.05) is 0 Å². The summed E-state index contributed by atoms with van der Waals surface area (Å²) in [7, 11) is 0. The van der Waals surface area contributed by atoms with Gasteiger partial charge in [-0.1, -0.05) is 67.7 Å². The Morgan fingerprint density at radius 3 is 2.42 bits per heavy atom. The van der Waals surface area contributed by atoms with Crippen LogP contribution in [0, 0.1) is 0 Å². The van der Waals surface area contributed by atoms with Crippen molar-refractivity contribution in [1.29, 1.82) is 0 Å². The fourth-order valence-electron chi connectivity index (χ4n) is 2.62. The fourth-order valence-corrected chi connectivity index (χ4v) is 2.93. The Bertz CT molecular complexity index is 711. The minimum absolute atomic E-state index is 0.203. The number of thiol groups is 1. The average molecular weight is 341 g/mol. The van der Waals surface area contributed by atoms with Crippen molar-refractivity contribution in [1.82, 2.24) is 0 Å². The van der Waals surface area contributed by atoms with Crippen LogP contribution in [-0.4, -0.2) is 16.7 Å². The van der Waals surface area contributed by atoms with Crippen LogP contribution in [-0.2, 0) is 0 Å². The molecule has 2 aromatic carbocycles. The van der Waals surface area contributed by atoms with Crippen LogP contribution in [0.5, 0.6) is 0 Å². The summed E-state index contributed by atoms with van der Waals surface area (Å²) in [6, 6.07) is 15.5. The van der Waals surface area contributed by atoms with Crippen molar-refractivity contribution < 1.29 is 10.0 Å². The summed E-state index contributed by atoms with van der Waals surface area (Å²) in [5.74, 6) is -0.251. The van der Waals surface area contributed by atoms with E-state index in [1.807, 2.05) is 42.5 Å². The number of rotatable bonds is 8. The fraction of sp³-hybridized carbons (Fsp3) is 0.300. The lowest BCUT2D eigenvalue weighted by molar-refractivity contribution is 0.105. The summed E-state index contributed by atoms with van der Waals surface area (Å²) in [6.07, 6.45) is 4.62. The van der Waals surface area contributed by atoms with Gasteiger partial charge in [-0.25, -0.2) is 0 Å². The highest BCUT2D eigenvalue weighted by molar-refractivity contribution is 7.80. The molecule has 0 amide bonds. The predicted molar refractivity (Wildman–Crippen MR) is 101 cm³/mol. The first-order valence-electron chi connectivity index (χ1n) is 8.31. The van der Waals surface area contributed by atoms with Crippen LogP contribution in [0.3, 0.4) is 0 Å². The molecule has 0 aromatic heterocycles. The summed E-state index contributed by atoms with van der Waals surface area (Å²) in [5.41, 5.74) is 2.75. The summed E-state index contributed by atoms with van der Waals surface area (Å²) < 4.78 is 0. The molecular weight excluding hydrogens is 318 g/mol. The number of oxime groups is 1. The van der Waals surface area contributed by atoms with Crippen LogP contribution in [0.4, 0.5) is 0 Å². The van der Waals surface area contributed by atoms with E-state index < -0.39 is 0 Å². The molecule has 0 saturated heterocycles. The van der Waals surface area contributed by atoms with E-state index in [9.17, 15) is 10.0 Å². The highest BCUT2D eigenvalue weighted by atomic mass is 32.1. The Morgan fingerprint density at radius 1 is 1.04 bits per heavy atom. The maximum absolute atomic E-state index is 12.6. The SMILES string of the molecule is CCCCCCC(=NO)C(=O)c1ccc(-c2ccccc2)cc1S. The number of ketones is 1. The second-order valence-corrected chi connectivity index (χ2v) is 6.27. The van der Waals surface area contributed by atoms with E-state index in [0.717, 1.165) is 36.8 Å². The molecule has 0 aliphatic carbocycles. The molecule has 0 aliphatic rings. The number of nitrogens with zero attached hydrogens (tertiary/aromatic N) is 1. The van der Waals surface area contributed by atoms with Gasteiger partial charge in [0, 0.05) is 10.5 Å². The molecule has 126 valence electrons. The van der Waals surface area contributed by atoms with Crippen LogP contribution in [0.2, 0.25) is 0 Å². The van der Waals surface area contributed by atoms with E-state index in [0.29, 0.717) is 16.9 Å². The number of unbranched alkanes of at least 4 members (excludes halogenated alkanes) is 3. The predicted octanol–water partition coefficient (Wildman–Crippen LogP) is 5.63. The van der Waals surface area contributed by atoms with Gasteiger partial charge in [-0.15, -0.1) is 12.6 Å². The van der Waals surface area contributed by atoms with Crippen LogP contribution in [0.25, 0.3) is 11.1 Å². The van der Waals surface area contributed by atoms with Crippen molar-refractivity contribution in [3.05, 3.63) is 54.1 Å².